The van der Waals surface area contributed by atoms with E-state index in [4.69, 9.17) is 13.0 Å². The Balaban J connectivity index is 0.00000560. The van der Waals surface area contributed by atoms with Crippen LogP contribution in [0, 0.1) is 32.5 Å². The van der Waals surface area contributed by atoms with Gasteiger partial charge in [-0.05, 0) is 88.1 Å². The maximum Gasteiger partial charge on any atom is 0.139 e. The predicted molar refractivity (Wildman–Crippen MR) is 237 cm³/mol. The maximum absolute atomic E-state index is 8.83. The average molecular weight is 945 g/mol. The number of pyridine rings is 1. The Hall–Kier alpha value is -5.64. The quantitative estimate of drug-likeness (QED) is 0.156. The fourth-order valence-electron chi connectivity index (χ4n) is 7.61. The van der Waals surface area contributed by atoms with Gasteiger partial charge in [0.15, 0.2) is 0 Å². The van der Waals surface area contributed by atoms with E-state index >= 15 is 0 Å². The molecule has 3 heterocycles. The number of ether oxygens (including phenoxy) is 1. The van der Waals surface area contributed by atoms with E-state index in [9.17, 15) is 0 Å². The second-order valence-electron chi connectivity index (χ2n) is 16.7. The summed E-state index contributed by atoms with van der Waals surface area (Å²) in [5.74, 6) is 0.916. The molecule has 0 radical (unpaired) electrons. The molecule has 6 heteroatoms. The minimum Gasteiger partial charge on any atom is -0.509 e. The van der Waals surface area contributed by atoms with E-state index < -0.39 is 13.7 Å². The summed E-state index contributed by atoms with van der Waals surface area (Å²) in [6.07, 6.45) is 1.28. The van der Waals surface area contributed by atoms with E-state index in [1.807, 2.05) is 60.7 Å². The van der Waals surface area contributed by atoms with E-state index in [-0.39, 0.29) is 54.4 Å². The summed E-state index contributed by atoms with van der Waals surface area (Å²) in [6, 6.07) is 48.1. The van der Waals surface area contributed by atoms with E-state index in [1.165, 1.54) is 17.3 Å². The number of para-hydroxylation sites is 3. The van der Waals surface area contributed by atoms with Crippen LogP contribution in [0.15, 0.2) is 134 Å². The molecule has 0 saturated heterocycles. The van der Waals surface area contributed by atoms with Gasteiger partial charge in [0.05, 0.1) is 0 Å². The maximum atomic E-state index is 8.83. The van der Waals surface area contributed by atoms with Crippen molar-refractivity contribution in [2.45, 2.75) is 66.1 Å². The monoisotopic (exact) mass is 944 g/mol. The van der Waals surface area contributed by atoms with Crippen LogP contribution in [0.4, 0.5) is 22.7 Å². The third-order valence-corrected chi connectivity index (χ3v) is 10.7. The summed E-state index contributed by atoms with van der Waals surface area (Å²) in [5.41, 5.74) is 7.80. The SMILES string of the molecule is [2H]C([2H])([2H])c1cnc(-n2c3[c-]c(Oc4[c-]c(N5[CH-]N(c6cc(C(C)(C)C)cc(C(C)(C)C)c6)c6ccccc65)ccc4)ccc3c3ccccc32)c(C([2H])([2H])[2H])c1-c1ccccc1.[Pt]. The molecule has 0 spiro atoms. The van der Waals surface area contributed by atoms with Crippen molar-refractivity contribution in [1.29, 1.82) is 0 Å². The zero-order chi connectivity index (χ0) is 44.6. The summed E-state index contributed by atoms with van der Waals surface area (Å²) in [5, 5.41) is 1.64. The molecule has 1 aliphatic heterocycles. The molecule has 6 aromatic carbocycles. The second-order valence-corrected chi connectivity index (χ2v) is 16.7. The fraction of sp³-hybridized carbons (Fsp3) is 0.192. The molecule has 2 aromatic heterocycles. The van der Waals surface area contributed by atoms with Crippen LogP contribution in [0.2, 0.25) is 0 Å². The third kappa shape index (κ3) is 7.00. The zero-order valence-electron chi connectivity index (χ0n) is 39.3. The fourth-order valence-corrected chi connectivity index (χ4v) is 7.61. The van der Waals surface area contributed by atoms with Crippen molar-refractivity contribution in [3.63, 3.8) is 0 Å². The first-order valence-corrected chi connectivity index (χ1v) is 19.2. The minimum atomic E-state index is -2.75. The molecule has 5 nitrogen and oxygen atoms in total. The van der Waals surface area contributed by atoms with E-state index in [0.29, 0.717) is 28.1 Å². The molecule has 0 bridgehead atoms. The molecule has 294 valence electrons. The van der Waals surface area contributed by atoms with Gasteiger partial charge >= 0.3 is 0 Å². The molecule has 1 aliphatic rings. The normalized spacial score (nSPS) is 14.9. The van der Waals surface area contributed by atoms with Crippen LogP contribution < -0.4 is 14.5 Å². The molecule has 0 amide bonds. The van der Waals surface area contributed by atoms with Crippen LogP contribution in [0.3, 0.4) is 0 Å². The van der Waals surface area contributed by atoms with Gasteiger partial charge in [0.1, 0.15) is 5.82 Å². The summed E-state index contributed by atoms with van der Waals surface area (Å²) < 4.78 is 59.9. The van der Waals surface area contributed by atoms with Crippen LogP contribution in [0.1, 0.15) is 72.0 Å². The molecule has 58 heavy (non-hydrogen) atoms. The van der Waals surface area contributed by atoms with Gasteiger partial charge in [-0.15, -0.1) is 48.1 Å². The number of aromatic nitrogens is 2. The number of hydrogen-bond acceptors (Lipinski definition) is 4. The minimum absolute atomic E-state index is 0. The molecule has 0 aliphatic carbocycles. The van der Waals surface area contributed by atoms with Crippen LogP contribution in [-0.4, -0.2) is 9.55 Å². The van der Waals surface area contributed by atoms with E-state index in [0.717, 1.165) is 33.5 Å². The summed E-state index contributed by atoms with van der Waals surface area (Å²) >= 11 is 0. The standard InChI is InChI=1S/C52H47N4O.Pt/c1-34-32-53-50(35(2)49(34)36-17-10-9-11-18-36)56-45-22-13-12-21-43(45)44-26-25-42(31-48(44)56)57-41-20-16-19-39(30-41)54-33-55(47-24-15-14-23-46(47)54)40-28-37(51(3,4)5)27-38(29-40)52(6,7)8;/h9-29,32-33H,1-8H3;/q-3;/i1D3,2D3;. The molecular weight excluding hydrogens is 892 g/mol. The van der Waals surface area contributed by atoms with E-state index in [2.05, 4.69) is 112 Å². The van der Waals surface area contributed by atoms with Gasteiger partial charge in [-0.3, -0.25) is 0 Å². The number of aryl methyl sites for hydroxylation is 1. The Morgan fingerprint density at radius 2 is 1.33 bits per heavy atom. The predicted octanol–water partition coefficient (Wildman–Crippen LogP) is 13.9. The third-order valence-electron chi connectivity index (χ3n) is 10.7. The number of rotatable bonds is 6. The molecule has 0 saturated carbocycles. The van der Waals surface area contributed by atoms with Crippen LogP contribution in [-0.2, 0) is 31.9 Å². The second kappa shape index (κ2) is 14.9. The van der Waals surface area contributed by atoms with Crippen LogP contribution in [0.25, 0.3) is 38.8 Å². The van der Waals surface area contributed by atoms with Gasteiger partial charge in [0.2, 0.25) is 0 Å². The number of nitrogens with zero attached hydrogens (tertiary/aromatic N) is 4. The Labute approximate surface area is 365 Å². The first-order chi connectivity index (χ1) is 29.8. The van der Waals surface area contributed by atoms with Gasteiger partial charge in [-0.25, -0.2) is 4.98 Å². The van der Waals surface area contributed by atoms with Gasteiger partial charge in [-0.2, -0.15) is 12.1 Å². The average Bonchev–Trinajstić information content (AvgIpc) is 3.78. The van der Waals surface area contributed by atoms with Crippen LogP contribution >= 0.6 is 0 Å². The molecule has 0 N–H and O–H groups in total. The topological polar surface area (TPSA) is 33.5 Å². The molecule has 0 fully saturated rings. The van der Waals surface area contributed by atoms with Gasteiger partial charge in [0, 0.05) is 75.1 Å². The molecule has 0 unspecified atom stereocenters. The van der Waals surface area contributed by atoms with Gasteiger partial charge in [0.25, 0.3) is 0 Å². The van der Waals surface area contributed by atoms with Crippen molar-refractivity contribution in [2.75, 3.05) is 9.80 Å². The summed E-state index contributed by atoms with van der Waals surface area (Å²) in [6.45, 7) is 10.2. The summed E-state index contributed by atoms with van der Waals surface area (Å²) in [4.78, 5) is 9.00. The van der Waals surface area contributed by atoms with Crippen LogP contribution in [0.5, 0.6) is 11.5 Å². The zero-order valence-corrected chi connectivity index (χ0v) is 35.6. The molecular formula is C52H47N4OPt-3. The number of fused-ring (bicyclic) bond motifs is 4. The van der Waals surface area contributed by atoms with Crippen molar-refractivity contribution in [3.05, 3.63) is 175 Å². The van der Waals surface area contributed by atoms with Crippen molar-refractivity contribution in [2.24, 2.45) is 0 Å². The van der Waals surface area contributed by atoms with Crippen molar-refractivity contribution >= 4 is 44.6 Å². The van der Waals surface area contributed by atoms with E-state index in [1.54, 1.807) is 34.9 Å². The summed E-state index contributed by atoms with van der Waals surface area (Å²) in [7, 11) is 0. The van der Waals surface area contributed by atoms with Gasteiger partial charge < -0.3 is 19.1 Å². The Bertz CT molecular complexity index is 3000. The Morgan fingerprint density at radius 1 is 0.655 bits per heavy atom. The van der Waals surface area contributed by atoms with Crippen molar-refractivity contribution in [1.82, 2.24) is 9.55 Å². The largest absolute Gasteiger partial charge is 0.509 e. The molecule has 0 atom stereocenters. The molecule has 8 aromatic rings. The Morgan fingerprint density at radius 3 is 2.03 bits per heavy atom. The number of hydrogen-bond donors (Lipinski definition) is 0. The van der Waals surface area contributed by atoms with Gasteiger partial charge in [-0.1, -0.05) is 114 Å². The number of benzene rings is 6. The molecule has 9 rings (SSSR count). The van der Waals surface area contributed by atoms with Crippen molar-refractivity contribution in [3.8, 4) is 28.4 Å². The smallest absolute Gasteiger partial charge is 0.139 e. The first-order valence-electron chi connectivity index (χ1n) is 22.2. The number of anilines is 4. The van der Waals surface area contributed by atoms with Crippen molar-refractivity contribution < 1.29 is 34.0 Å². The first kappa shape index (κ1) is 32.3. The Kier molecular flexibility index (Phi) is 8.33.